The molecule has 8 heteroatoms. The van der Waals surface area contributed by atoms with Gasteiger partial charge in [0.05, 0.1) is 12.4 Å². The molecule has 2 N–H and O–H groups in total. The van der Waals surface area contributed by atoms with Crippen molar-refractivity contribution in [1.82, 2.24) is 5.32 Å². The van der Waals surface area contributed by atoms with Gasteiger partial charge in [0.25, 0.3) is 11.8 Å². The van der Waals surface area contributed by atoms with Crippen molar-refractivity contribution in [1.29, 1.82) is 0 Å². The second kappa shape index (κ2) is 13.7. The summed E-state index contributed by atoms with van der Waals surface area (Å²) in [6.07, 6.45) is 2.46. The number of hydrogen-bond acceptors (Lipinski definition) is 5. The second-order valence-corrected chi connectivity index (χ2v) is 10.6. The van der Waals surface area contributed by atoms with Gasteiger partial charge in [-0.05, 0) is 67.4 Å². The van der Waals surface area contributed by atoms with Gasteiger partial charge in [-0.15, -0.1) is 11.8 Å². The van der Waals surface area contributed by atoms with Crippen LogP contribution in [0.4, 0.5) is 11.4 Å². The lowest BCUT2D eigenvalue weighted by Gasteiger charge is -2.17. The molecule has 1 aliphatic rings. The summed E-state index contributed by atoms with van der Waals surface area (Å²) >= 11 is 1.41. The van der Waals surface area contributed by atoms with Gasteiger partial charge in [0.15, 0.2) is 0 Å². The molecule has 7 nitrogen and oxygen atoms in total. The highest BCUT2D eigenvalue weighted by Crippen LogP contribution is 2.29. The minimum atomic E-state index is -0.488. The minimum Gasteiger partial charge on any atom is -0.493 e. The monoisotopic (exact) mass is 577 g/mol. The highest BCUT2D eigenvalue weighted by Gasteiger charge is 2.24. The number of anilines is 2. The Balaban J connectivity index is 1.31. The normalized spacial score (nSPS) is 12.4. The van der Waals surface area contributed by atoms with Crippen LogP contribution in [0.15, 0.2) is 114 Å². The zero-order valence-corrected chi connectivity index (χ0v) is 24.0. The van der Waals surface area contributed by atoms with Gasteiger partial charge in [-0.1, -0.05) is 60.7 Å². The molecule has 212 valence electrons. The Bertz CT molecular complexity index is 1620. The third-order valence-electron chi connectivity index (χ3n) is 6.69. The van der Waals surface area contributed by atoms with Crippen molar-refractivity contribution < 1.29 is 19.1 Å². The molecule has 0 fully saturated rings. The lowest BCUT2D eigenvalue weighted by Crippen LogP contribution is -2.30. The third-order valence-corrected chi connectivity index (χ3v) is 7.67. The molecule has 0 radical (unpaired) electrons. The molecule has 5 rings (SSSR count). The lowest BCUT2D eigenvalue weighted by atomic mass is 10.1. The van der Waals surface area contributed by atoms with E-state index >= 15 is 0 Å². The van der Waals surface area contributed by atoms with E-state index in [9.17, 15) is 14.4 Å². The Kier molecular flexibility index (Phi) is 9.36. The summed E-state index contributed by atoms with van der Waals surface area (Å²) in [6.45, 7) is 3.03. The van der Waals surface area contributed by atoms with Crippen LogP contribution >= 0.6 is 11.8 Å². The van der Waals surface area contributed by atoms with E-state index in [0.717, 1.165) is 17.0 Å². The number of nitrogens with one attached hydrogen (secondary N) is 2. The van der Waals surface area contributed by atoms with Gasteiger partial charge in [0, 0.05) is 33.9 Å². The highest BCUT2D eigenvalue weighted by molar-refractivity contribution is 8.00. The van der Waals surface area contributed by atoms with Crippen molar-refractivity contribution in [2.75, 3.05) is 29.1 Å². The fraction of sp³-hybridized carbons (Fsp3) is 0.147. The van der Waals surface area contributed by atoms with E-state index in [1.165, 1.54) is 17.3 Å². The number of benzene rings is 4. The lowest BCUT2D eigenvalue weighted by molar-refractivity contribution is -0.116. The number of ether oxygens (including phenoxy) is 1. The molecule has 3 amide bonds. The van der Waals surface area contributed by atoms with E-state index in [1.54, 1.807) is 36.4 Å². The molecule has 1 heterocycles. The van der Waals surface area contributed by atoms with Gasteiger partial charge in [-0.3, -0.25) is 14.4 Å². The van der Waals surface area contributed by atoms with Crippen LogP contribution in [0.1, 0.15) is 28.4 Å². The van der Waals surface area contributed by atoms with Gasteiger partial charge in [-0.2, -0.15) is 0 Å². The zero-order chi connectivity index (χ0) is 29.3. The predicted molar refractivity (Wildman–Crippen MR) is 168 cm³/mol. The summed E-state index contributed by atoms with van der Waals surface area (Å²) in [4.78, 5) is 42.2. The average Bonchev–Trinajstić information content (AvgIpc) is 3.45. The fourth-order valence-corrected chi connectivity index (χ4v) is 5.50. The van der Waals surface area contributed by atoms with Crippen LogP contribution in [-0.2, 0) is 16.0 Å². The quantitative estimate of drug-likeness (QED) is 0.174. The first-order valence-corrected chi connectivity index (χ1v) is 14.7. The van der Waals surface area contributed by atoms with Gasteiger partial charge >= 0.3 is 0 Å². The van der Waals surface area contributed by atoms with Crippen LogP contribution in [0, 0.1) is 0 Å². The van der Waals surface area contributed by atoms with Crippen molar-refractivity contribution in [3.63, 3.8) is 0 Å². The molecule has 42 heavy (non-hydrogen) atoms. The van der Waals surface area contributed by atoms with Crippen molar-refractivity contribution in [3.8, 4) is 5.75 Å². The number of carbonyl (C=O) groups is 3. The Morgan fingerprint density at radius 3 is 2.50 bits per heavy atom. The molecule has 0 unspecified atom stereocenters. The van der Waals surface area contributed by atoms with E-state index in [0.29, 0.717) is 35.7 Å². The molecule has 0 bridgehead atoms. The number of nitrogens with zero attached hydrogens (tertiary/aromatic N) is 1. The van der Waals surface area contributed by atoms with E-state index in [4.69, 9.17) is 4.74 Å². The van der Waals surface area contributed by atoms with Crippen LogP contribution in [0.2, 0.25) is 0 Å². The van der Waals surface area contributed by atoms with Gasteiger partial charge in [0.1, 0.15) is 11.4 Å². The number of rotatable bonds is 10. The Morgan fingerprint density at radius 2 is 1.67 bits per heavy atom. The van der Waals surface area contributed by atoms with Crippen LogP contribution < -0.4 is 20.3 Å². The number of carbonyl (C=O) groups excluding carboxylic acids is 3. The van der Waals surface area contributed by atoms with Gasteiger partial charge in [0.2, 0.25) is 5.91 Å². The predicted octanol–water partition coefficient (Wildman–Crippen LogP) is 6.18. The highest BCUT2D eigenvalue weighted by atomic mass is 32.2. The Hall–Kier alpha value is -4.82. The van der Waals surface area contributed by atoms with E-state index in [-0.39, 0.29) is 17.4 Å². The van der Waals surface area contributed by atoms with Crippen LogP contribution in [0.3, 0.4) is 0 Å². The molecular weight excluding hydrogens is 546 g/mol. The minimum absolute atomic E-state index is 0.0428. The molecule has 4 aromatic rings. The molecule has 0 aliphatic carbocycles. The maximum absolute atomic E-state index is 13.5. The first kappa shape index (κ1) is 28.7. The maximum atomic E-state index is 13.5. The summed E-state index contributed by atoms with van der Waals surface area (Å²) in [7, 11) is 0. The summed E-state index contributed by atoms with van der Waals surface area (Å²) in [6, 6.07) is 31.3. The molecule has 0 spiro atoms. The standard InChI is InChI=1S/C34H31N3O4S/c1-2-41-31-18-9-7-14-26(31)21-29(36-33(39)25-12-4-3-5-13-25)34(40)35-27-15-10-16-28(22-27)42-23-32(38)37-20-19-24-11-6-8-17-30(24)37/h3-18,21-22H,2,19-20,23H2,1H3,(H,35,40)(H,36,39)/b29-21-. The first-order valence-electron chi connectivity index (χ1n) is 13.7. The average molecular weight is 578 g/mol. The number of fused-ring (bicyclic) bond motifs is 1. The number of amides is 3. The SMILES string of the molecule is CCOc1ccccc1/C=C(\NC(=O)c1ccccc1)C(=O)Nc1cccc(SCC(=O)N2CCc3ccccc32)c1. The summed E-state index contributed by atoms with van der Waals surface area (Å²) in [5.74, 6) is 0.0249. The Morgan fingerprint density at radius 1 is 0.905 bits per heavy atom. The molecule has 0 atom stereocenters. The van der Waals surface area contributed by atoms with Crippen LogP contribution in [0.5, 0.6) is 5.75 Å². The van der Waals surface area contributed by atoms with Gasteiger partial charge < -0.3 is 20.3 Å². The van der Waals surface area contributed by atoms with Crippen LogP contribution in [-0.4, -0.2) is 36.6 Å². The van der Waals surface area contributed by atoms with E-state index in [1.807, 2.05) is 78.6 Å². The molecule has 1 aliphatic heterocycles. The zero-order valence-electron chi connectivity index (χ0n) is 23.2. The van der Waals surface area contributed by atoms with Crippen LogP contribution in [0.25, 0.3) is 6.08 Å². The van der Waals surface area contributed by atoms with Crippen molar-refractivity contribution in [3.05, 3.63) is 126 Å². The summed E-state index contributed by atoms with van der Waals surface area (Å²) < 4.78 is 5.72. The number of hydrogen-bond donors (Lipinski definition) is 2. The van der Waals surface area contributed by atoms with Gasteiger partial charge in [-0.25, -0.2) is 0 Å². The first-order chi connectivity index (χ1) is 20.5. The van der Waals surface area contributed by atoms with Crippen molar-refractivity contribution in [2.24, 2.45) is 0 Å². The number of para-hydroxylation sites is 2. The van der Waals surface area contributed by atoms with Crippen molar-refractivity contribution in [2.45, 2.75) is 18.2 Å². The summed E-state index contributed by atoms with van der Waals surface area (Å²) in [5.41, 5.74) is 3.86. The molecular formula is C34H31N3O4S. The second-order valence-electron chi connectivity index (χ2n) is 9.54. The topological polar surface area (TPSA) is 87.7 Å². The largest absolute Gasteiger partial charge is 0.493 e. The Labute approximate surface area is 249 Å². The number of thioether (sulfide) groups is 1. The third kappa shape index (κ3) is 7.08. The molecule has 0 saturated heterocycles. The molecule has 4 aromatic carbocycles. The molecule has 0 aromatic heterocycles. The van der Waals surface area contributed by atoms with E-state index < -0.39 is 11.8 Å². The maximum Gasteiger partial charge on any atom is 0.272 e. The smallest absolute Gasteiger partial charge is 0.272 e. The van der Waals surface area contributed by atoms with E-state index in [2.05, 4.69) is 16.7 Å². The van der Waals surface area contributed by atoms with Crippen molar-refractivity contribution >= 4 is 46.9 Å². The molecule has 0 saturated carbocycles. The fourth-order valence-electron chi connectivity index (χ4n) is 4.67. The summed E-state index contributed by atoms with van der Waals surface area (Å²) in [5, 5.41) is 5.66.